The third-order valence-corrected chi connectivity index (χ3v) is 2.78. The molecule has 17 heavy (non-hydrogen) atoms. The van der Waals surface area contributed by atoms with E-state index < -0.39 is 0 Å². The largest absolute Gasteiger partial charge is 0.243 e. The van der Waals surface area contributed by atoms with E-state index in [0.717, 1.165) is 0 Å². The SMILES string of the molecule is N#Cc1ncc(Cl)cc1-c1cc(Cl)cc(Cl)c1. The predicted octanol–water partition coefficient (Wildman–Crippen LogP) is 4.58. The van der Waals surface area contributed by atoms with Crippen molar-refractivity contribution >= 4 is 34.8 Å². The monoisotopic (exact) mass is 282 g/mol. The Morgan fingerprint density at radius 1 is 0.941 bits per heavy atom. The minimum Gasteiger partial charge on any atom is -0.243 e. The molecule has 84 valence electrons. The van der Waals surface area contributed by atoms with Crippen LogP contribution in [-0.2, 0) is 0 Å². The van der Waals surface area contributed by atoms with Gasteiger partial charge in [-0.05, 0) is 29.8 Å². The Hall–Kier alpha value is -1.27. The van der Waals surface area contributed by atoms with Crippen molar-refractivity contribution in [2.75, 3.05) is 0 Å². The van der Waals surface area contributed by atoms with Crippen molar-refractivity contribution in [2.45, 2.75) is 0 Å². The Morgan fingerprint density at radius 2 is 1.59 bits per heavy atom. The first-order valence-corrected chi connectivity index (χ1v) is 5.75. The molecule has 0 spiro atoms. The maximum Gasteiger partial charge on any atom is 0.148 e. The number of nitriles is 1. The van der Waals surface area contributed by atoms with Gasteiger partial charge in [0.25, 0.3) is 0 Å². The van der Waals surface area contributed by atoms with Crippen molar-refractivity contribution in [2.24, 2.45) is 0 Å². The van der Waals surface area contributed by atoms with Crippen LogP contribution < -0.4 is 0 Å². The van der Waals surface area contributed by atoms with Gasteiger partial charge in [-0.25, -0.2) is 4.98 Å². The van der Waals surface area contributed by atoms with Crippen LogP contribution in [0.2, 0.25) is 15.1 Å². The molecule has 0 aliphatic carbocycles. The summed E-state index contributed by atoms with van der Waals surface area (Å²) in [4.78, 5) is 3.95. The molecule has 0 aliphatic heterocycles. The van der Waals surface area contributed by atoms with Gasteiger partial charge in [0.1, 0.15) is 11.8 Å². The van der Waals surface area contributed by atoms with E-state index in [9.17, 15) is 0 Å². The quantitative estimate of drug-likeness (QED) is 0.768. The van der Waals surface area contributed by atoms with Crippen LogP contribution in [0.3, 0.4) is 0 Å². The highest BCUT2D eigenvalue weighted by Crippen LogP contribution is 2.30. The molecule has 1 heterocycles. The highest BCUT2D eigenvalue weighted by Gasteiger charge is 2.09. The van der Waals surface area contributed by atoms with E-state index in [1.165, 1.54) is 6.20 Å². The molecular formula is C12H5Cl3N2. The minimum absolute atomic E-state index is 0.285. The third-order valence-electron chi connectivity index (χ3n) is 2.13. The molecule has 0 bridgehead atoms. The molecule has 0 N–H and O–H groups in total. The summed E-state index contributed by atoms with van der Waals surface area (Å²) in [5.74, 6) is 0. The molecule has 0 amide bonds. The first kappa shape index (κ1) is 12.2. The molecule has 0 saturated carbocycles. The van der Waals surface area contributed by atoms with Gasteiger partial charge in [-0.15, -0.1) is 0 Å². The molecule has 2 nitrogen and oxygen atoms in total. The Labute approximate surface area is 113 Å². The van der Waals surface area contributed by atoms with Crippen LogP contribution in [-0.4, -0.2) is 4.98 Å². The fraction of sp³-hybridized carbons (Fsp3) is 0. The average molecular weight is 284 g/mol. The third kappa shape index (κ3) is 2.70. The Bertz CT molecular complexity index is 597. The molecular weight excluding hydrogens is 279 g/mol. The predicted molar refractivity (Wildman–Crippen MR) is 69.4 cm³/mol. The van der Waals surface area contributed by atoms with Crippen molar-refractivity contribution in [3.05, 3.63) is 51.2 Å². The zero-order valence-corrected chi connectivity index (χ0v) is 10.7. The van der Waals surface area contributed by atoms with Gasteiger partial charge >= 0.3 is 0 Å². The highest BCUT2D eigenvalue weighted by atomic mass is 35.5. The lowest BCUT2D eigenvalue weighted by Crippen LogP contribution is -1.89. The van der Waals surface area contributed by atoms with Crippen LogP contribution in [0.5, 0.6) is 0 Å². The molecule has 0 radical (unpaired) electrons. The molecule has 2 aromatic rings. The molecule has 0 atom stereocenters. The van der Waals surface area contributed by atoms with Gasteiger partial charge in [0, 0.05) is 21.8 Å². The second kappa shape index (κ2) is 4.93. The standard InChI is InChI=1S/C12H5Cl3N2/c13-8-1-7(2-9(14)3-8)11-4-10(15)6-17-12(11)5-16/h1-4,6H. The minimum atomic E-state index is 0.285. The lowest BCUT2D eigenvalue weighted by Gasteiger charge is -2.05. The van der Waals surface area contributed by atoms with Gasteiger partial charge in [-0.1, -0.05) is 34.8 Å². The van der Waals surface area contributed by atoms with Crippen LogP contribution in [0.4, 0.5) is 0 Å². The summed E-state index contributed by atoms with van der Waals surface area (Å²) in [6, 6.07) is 8.71. The van der Waals surface area contributed by atoms with E-state index in [4.69, 9.17) is 40.1 Å². The van der Waals surface area contributed by atoms with Gasteiger partial charge in [-0.3, -0.25) is 0 Å². The zero-order chi connectivity index (χ0) is 12.4. The highest BCUT2D eigenvalue weighted by molar-refractivity contribution is 6.35. The molecule has 0 fully saturated rings. The van der Waals surface area contributed by atoms with Gasteiger partial charge < -0.3 is 0 Å². The van der Waals surface area contributed by atoms with Crippen LogP contribution in [0.1, 0.15) is 5.69 Å². The van der Waals surface area contributed by atoms with Gasteiger partial charge in [0.05, 0.1) is 5.02 Å². The number of pyridine rings is 1. The number of benzene rings is 1. The zero-order valence-electron chi connectivity index (χ0n) is 8.42. The number of hydrogen-bond donors (Lipinski definition) is 0. The normalized spacial score (nSPS) is 10.0. The fourth-order valence-electron chi connectivity index (χ4n) is 1.46. The van der Waals surface area contributed by atoms with Crippen molar-refractivity contribution in [1.29, 1.82) is 5.26 Å². The van der Waals surface area contributed by atoms with E-state index in [2.05, 4.69) is 4.98 Å². The second-order valence-corrected chi connectivity index (χ2v) is 4.63. The fourth-order valence-corrected chi connectivity index (χ4v) is 2.14. The lowest BCUT2D eigenvalue weighted by atomic mass is 10.0. The molecule has 1 aromatic heterocycles. The first-order chi connectivity index (χ1) is 8.10. The van der Waals surface area contributed by atoms with Crippen molar-refractivity contribution in [3.63, 3.8) is 0 Å². The van der Waals surface area contributed by atoms with Gasteiger partial charge in [0.15, 0.2) is 0 Å². The molecule has 1 aromatic carbocycles. The number of rotatable bonds is 1. The van der Waals surface area contributed by atoms with Gasteiger partial charge in [-0.2, -0.15) is 5.26 Å². The van der Waals surface area contributed by atoms with E-state index in [1.807, 2.05) is 6.07 Å². The second-order valence-electron chi connectivity index (χ2n) is 3.32. The summed E-state index contributed by atoms with van der Waals surface area (Å²) in [5.41, 5.74) is 1.62. The molecule has 0 aliphatic rings. The number of hydrogen-bond acceptors (Lipinski definition) is 2. The number of nitrogens with zero attached hydrogens (tertiary/aromatic N) is 2. The molecule has 5 heteroatoms. The van der Waals surface area contributed by atoms with E-state index >= 15 is 0 Å². The van der Waals surface area contributed by atoms with Crippen LogP contribution >= 0.6 is 34.8 Å². The molecule has 0 unspecified atom stereocenters. The summed E-state index contributed by atoms with van der Waals surface area (Å²) in [7, 11) is 0. The summed E-state index contributed by atoms with van der Waals surface area (Å²) >= 11 is 17.7. The summed E-state index contributed by atoms with van der Waals surface area (Å²) in [5, 5.41) is 10.4. The van der Waals surface area contributed by atoms with Crippen molar-refractivity contribution in [1.82, 2.24) is 4.98 Å². The Morgan fingerprint density at radius 3 is 2.18 bits per heavy atom. The topological polar surface area (TPSA) is 36.7 Å². The molecule has 0 saturated heterocycles. The Balaban J connectivity index is 2.67. The van der Waals surface area contributed by atoms with E-state index in [-0.39, 0.29) is 5.69 Å². The van der Waals surface area contributed by atoms with E-state index in [1.54, 1.807) is 24.3 Å². The molecule has 2 rings (SSSR count). The summed E-state index contributed by atoms with van der Waals surface area (Å²) in [6.07, 6.45) is 1.43. The van der Waals surface area contributed by atoms with Crippen molar-refractivity contribution in [3.8, 4) is 17.2 Å². The van der Waals surface area contributed by atoms with Gasteiger partial charge in [0.2, 0.25) is 0 Å². The maximum absolute atomic E-state index is 8.99. The smallest absolute Gasteiger partial charge is 0.148 e. The van der Waals surface area contributed by atoms with E-state index in [0.29, 0.717) is 26.2 Å². The average Bonchev–Trinajstić information content (AvgIpc) is 2.27. The maximum atomic E-state index is 8.99. The first-order valence-electron chi connectivity index (χ1n) is 4.62. The van der Waals surface area contributed by atoms with Crippen LogP contribution in [0, 0.1) is 11.3 Å². The number of aromatic nitrogens is 1. The summed E-state index contributed by atoms with van der Waals surface area (Å²) in [6.45, 7) is 0. The summed E-state index contributed by atoms with van der Waals surface area (Å²) < 4.78 is 0. The van der Waals surface area contributed by atoms with Crippen LogP contribution in [0.25, 0.3) is 11.1 Å². The Kier molecular flexibility index (Phi) is 3.54. The van der Waals surface area contributed by atoms with Crippen molar-refractivity contribution < 1.29 is 0 Å². The lowest BCUT2D eigenvalue weighted by molar-refractivity contribution is 1.26. The van der Waals surface area contributed by atoms with Crippen LogP contribution in [0.15, 0.2) is 30.5 Å². The number of halogens is 3.